The van der Waals surface area contributed by atoms with Gasteiger partial charge in [-0.2, -0.15) is 0 Å². The highest BCUT2D eigenvalue weighted by Crippen LogP contribution is 2.13. The second-order valence-corrected chi connectivity index (χ2v) is 5.63. The average Bonchev–Trinajstić information content (AvgIpc) is 2.15. The van der Waals surface area contributed by atoms with Gasteiger partial charge in [-0.1, -0.05) is 28.1 Å². The normalized spacial score (nSPS) is 11.3. The molecule has 0 aliphatic rings. The first kappa shape index (κ1) is 14.2. The van der Waals surface area contributed by atoms with Crippen molar-refractivity contribution in [2.75, 3.05) is 6.61 Å². The molecule has 3 nitrogen and oxygen atoms in total. The first-order valence-corrected chi connectivity index (χ1v) is 6.38. The van der Waals surface area contributed by atoms with Crippen LogP contribution in [0.15, 0.2) is 28.7 Å². The Morgan fingerprint density at radius 2 is 2.18 bits per heavy atom. The molecule has 0 saturated heterocycles. The molecule has 17 heavy (non-hydrogen) atoms. The second-order valence-electron chi connectivity index (χ2n) is 4.71. The van der Waals surface area contributed by atoms with E-state index in [9.17, 15) is 4.79 Å². The number of aliphatic hydroxyl groups excluding tert-OH is 1. The zero-order valence-electron chi connectivity index (χ0n) is 10.2. The Kier molecular flexibility index (Phi) is 5.15. The van der Waals surface area contributed by atoms with E-state index in [1.54, 1.807) is 0 Å². The lowest BCUT2D eigenvalue weighted by Gasteiger charge is -2.25. The average molecular weight is 300 g/mol. The van der Waals surface area contributed by atoms with Crippen LogP contribution in [0.4, 0.5) is 0 Å². The molecule has 0 bridgehead atoms. The van der Waals surface area contributed by atoms with Crippen molar-refractivity contribution in [1.82, 2.24) is 5.32 Å². The van der Waals surface area contributed by atoms with Crippen LogP contribution in [-0.2, 0) is 11.2 Å². The van der Waals surface area contributed by atoms with Gasteiger partial charge in [0.2, 0.25) is 5.91 Å². The Hall–Kier alpha value is -0.870. The van der Waals surface area contributed by atoms with Crippen molar-refractivity contribution in [2.45, 2.75) is 32.2 Å². The van der Waals surface area contributed by atoms with Gasteiger partial charge in [-0.3, -0.25) is 4.79 Å². The van der Waals surface area contributed by atoms with Crippen molar-refractivity contribution in [3.05, 3.63) is 34.3 Å². The number of nitrogens with one attached hydrogen (secondary N) is 1. The number of amides is 1. The summed E-state index contributed by atoms with van der Waals surface area (Å²) >= 11 is 3.37. The van der Waals surface area contributed by atoms with Crippen LogP contribution in [-0.4, -0.2) is 23.2 Å². The van der Waals surface area contributed by atoms with E-state index in [1.165, 1.54) is 0 Å². The number of benzene rings is 1. The number of aliphatic hydroxyl groups is 1. The van der Waals surface area contributed by atoms with Gasteiger partial charge in [0.1, 0.15) is 0 Å². The van der Waals surface area contributed by atoms with Crippen molar-refractivity contribution < 1.29 is 9.90 Å². The van der Waals surface area contributed by atoms with E-state index in [1.807, 2.05) is 38.1 Å². The monoisotopic (exact) mass is 299 g/mol. The number of carbonyl (C=O) groups excluding carboxylic acids is 1. The topological polar surface area (TPSA) is 49.3 Å². The van der Waals surface area contributed by atoms with E-state index in [2.05, 4.69) is 21.2 Å². The molecule has 4 heteroatoms. The summed E-state index contributed by atoms with van der Waals surface area (Å²) in [4.78, 5) is 11.8. The number of rotatable bonds is 5. The molecule has 0 heterocycles. The van der Waals surface area contributed by atoms with Crippen LogP contribution in [0.1, 0.15) is 25.8 Å². The zero-order chi connectivity index (χ0) is 12.9. The van der Waals surface area contributed by atoms with Gasteiger partial charge in [0, 0.05) is 16.6 Å². The van der Waals surface area contributed by atoms with Crippen molar-refractivity contribution in [2.24, 2.45) is 0 Å². The van der Waals surface area contributed by atoms with Crippen LogP contribution < -0.4 is 5.32 Å². The molecule has 0 saturated carbocycles. The van der Waals surface area contributed by atoms with E-state index in [0.29, 0.717) is 12.8 Å². The van der Waals surface area contributed by atoms with E-state index >= 15 is 0 Å². The Morgan fingerprint density at radius 3 is 2.76 bits per heavy atom. The van der Waals surface area contributed by atoms with Crippen molar-refractivity contribution in [3.63, 3.8) is 0 Å². The molecule has 0 aromatic heterocycles. The van der Waals surface area contributed by atoms with Crippen LogP contribution >= 0.6 is 15.9 Å². The summed E-state index contributed by atoms with van der Waals surface area (Å²) in [6.07, 6.45) is 0.908. The Labute approximate surface area is 110 Å². The fourth-order valence-electron chi connectivity index (χ4n) is 1.60. The number of halogens is 1. The zero-order valence-corrected chi connectivity index (χ0v) is 11.8. The summed E-state index contributed by atoms with van der Waals surface area (Å²) in [5, 5.41) is 11.8. The van der Waals surface area contributed by atoms with Gasteiger partial charge in [0.15, 0.2) is 0 Å². The van der Waals surface area contributed by atoms with Gasteiger partial charge < -0.3 is 10.4 Å². The summed E-state index contributed by atoms with van der Waals surface area (Å²) in [7, 11) is 0. The van der Waals surface area contributed by atoms with Gasteiger partial charge in [0.25, 0.3) is 0 Å². The van der Waals surface area contributed by atoms with Crippen LogP contribution in [0.3, 0.4) is 0 Å². The molecule has 0 spiro atoms. The van der Waals surface area contributed by atoms with E-state index in [0.717, 1.165) is 10.0 Å². The summed E-state index contributed by atoms with van der Waals surface area (Å²) in [6, 6.07) is 7.69. The number of hydrogen-bond donors (Lipinski definition) is 2. The Bertz CT molecular complexity index is 391. The maximum atomic E-state index is 11.8. The molecule has 0 aliphatic carbocycles. The minimum atomic E-state index is -0.363. The highest BCUT2D eigenvalue weighted by Gasteiger charge is 2.19. The molecule has 94 valence electrons. The van der Waals surface area contributed by atoms with E-state index in [-0.39, 0.29) is 18.1 Å². The molecule has 0 aliphatic heterocycles. The van der Waals surface area contributed by atoms with Gasteiger partial charge in [0.05, 0.1) is 6.42 Å². The molecule has 2 N–H and O–H groups in total. The first-order chi connectivity index (χ1) is 7.93. The van der Waals surface area contributed by atoms with Crippen LogP contribution in [0.25, 0.3) is 0 Å². The van der Waals surface area contributed by atoms with Crippen LogP contribution in [0.5, 0.6) is 0 Å². The Balaban J connectivity index is 2.55. The predicted molar refractivity (Wildman–Crippen MR) is 71.8 cm³/mol. The fourth-order valence-corrected chi connectivity index (χ4v) is 2.04. The molecule has 1 rings (SSSR count). The lowest BCUT2D eigenvalue weighted by molar-refractivity contribution is -0.122. The number of carbonyl (C=O) groups is 1. The molecule has 1 amide bonds. The third kappa shape index (κ3) is 5.33. The fraction of sp³-hybridized carbons (Fsp3) is 0.462. The maximum Gasteiger partial charge on any atom is 0.224 e. The second kappa shape index (κ2) is 6.17. The number of hydrogen-bond acceptors (Lipinski definition) is 2. The summed E-state index contributed by atoms with van der Waals surface area (Å²) < 4.78 is 0.970. The minimum absolute atomic E-state index is 0.0263. The molecule has 0 fully saturated rings. The molecule has 0 radical (unpaired) electrons. The first-order valence-electron chi connectivity index (χ1n) is 5.59. The van der Waals surface area contributed by atoms with Crippen molar-refractivity contribution >= 4 is 21.8 Å². The third-order valence-corrected chi connectivity index (χ3v) is 2.96. The highest BCUT2D eigenvalue weighted by atomic mass is 79.9. The lowest BCUT2D eigenvalue weighted by atomic mass is 10.0. The van der Waals surface area contributed by atoms with Crippen LogP contribution in [0, 0.1) is 0 Å². The van der Waals surface area contributed by atoms with Crippen molar-refractivity contribution in [3.8, 4) is 0 Å². The lowest BCUT2D eigenvalue weighted by Crippen LogP contribution is -2.44. The van der Waals surface area contributed by atoms with Crippen molar-refractivity contribution in [1.29, 1.82) is 0 Å². The molecular weight excluding hydrogens is 282 g/mol. The van der Waals surface area contributed by atoms with Gasteiger partial charge >= 0.3 is 0 Å². The van der Waals surface area contributed by atoms with Crippen LogP contribution in [0.2, 0.25) is 0 Å². The molecular formula is C13H18BrNO2. The highest BCUT2D eigenvalue weighted by molar-refractivity contribution is 9.10. The largest absolute Gasteiger partial charge is 0.396 e. The Morgan fingerprint density at radius 1 is 1.47 bits per heavy atom. The summed E-state index contributed by atoms with van der Waals surface area (Å²) in [5.74, 6) is -0.0263. The van der Waals surface area contributed by atoms with E-state index in [4.69, 9.17) is 5.11 Å². The SMILES string of the molecule is CC(C)(CCO)NC(=O)Cc1cccc(Br)c1. The van der Waals surface area contributed by atoms with Gasteiger partial charge in [-0.15, -0.1) is 0 Å². The smallest absolute Gasteiger partial charge is 0.224 e. The third-order valence-electron chi connectivity index (χ3n) is 2.47. The quantitative estimate of drug-likeness (QED) is 0.876. The molecule has 1 aromatic carbocycles. The summed E-state index contributed by atoms with van der Waals surface area (Å²) in [6.45, 7) is 3.88. The molecule has 0 unspecified atom stereocenters. The molecule has 0 atom stereocenters. The molecule has 1 aromatic rings. The van der Waals surface area contributed by atoms with Gasteiger partial charge in [-0.25, -0.2) is 0 Å². The van der Waals surface area contributed by atoms with Gasteiger partial charge in [-0.05, 0) is 38.0 Å². The predicted octanol–water partition coefficient (Wildman–Crippen LogP) is 2.27. The van der Waals surface area contributed by atoms with E-state index < -0.39 is 0 Å². The standard InChI is InChI=1S/C13H18BrNO2/c1-13(2,6-7-16)15-12(17)9-10-4-3-5-11(14)8-10/h3-5,8,16H,6-7,9H2,1-2H3,(H,15,17). The summed E-state index contributed by atoms with van der Waals surface area (Å²) in [5.41, 5.74) is 0.606. The maximum absolute atomic E-state index is 11.8. The minimum Gasteiger partial charge on any atom is -0.396 e.